The summed E-state index contributed by atoms with van der Waals surface area (Å²) in [6.45, 7) is 3.64. The third-order valence-electron chi connectivity index (χ3n) is 6.60. The van der Waals surface area contributed by atoms with Gasteiger partial charge in [-0.1, -0.05) is 0 Å². The maximum atomic E-state index is 13.0. The molecule has 3 aliphatic rings. The molecule has 1 aliphatic carbocycles. The van der Waals surface area contributed by atoms with Gasteiger partial charge in [0, 0.05) is 37.6 Å². The maximum Gasteiger partial charge on any atom is 0.328 e. The fourth-order valence-corrected chi connectivity index (χ4v) is 4.64. The predicted molar refractivity (Wildman–Crippen MR) is 125 cm³/mol. The molecule has 0 unspecified atom stereocenters. The number of imidazole rings is 1. The van der Waals surface area contributed by atoms with Crippen molar-refractivity contribution in [2.75, 3.05) is 48.9 Å². The molecule has 3 aromatic rings. The van der Waals surface area contributed by atoms with Crippen LogP contribution in [0.4, 0.5) is 27.7 Å². The molecule has 10 nitrogen and oxygen atoms in total. The van der Waals surface area contributed by atoms with Gasteiger partial charge in [-0.15, -0.1) is 0 Å². The van der Waals surface area contributed by atoms with Crippen LogP contribution in [0.5, 0.6) is 0 Å². The number of pyridine rings is 1. The number of ether oxygens (including phenoxy) is 2. The fourth-order valence-electron chi connectivity index (χ4n) is 4.64. The number of fused-ring (bicyclic) bond motifs is 4. The number of anilines is 4. The molecule has 1 saturated carbocycles. The average molecular weight is 450 g/mol. The van der Waals surface area contributed by atoms with Gasteiger partial charge in [-0.25, -0.2) is 19.3 Å². The highest BCUT2D eigenvalue weighted by atomic mass is 16.5. The van der Waals surface area contributed by atoms with E-state index in [1.54, 1.807) is 0 Å². The van der Waals surface area contributed by atoms with Crippen molar-refractivity contribution in [1.29, 1.82) is 0 Å². The molecule has 0 radical (unpaired) electrons. The highest BCUT2D eigenvalue weighted by molar-refractivity contribution is 5.94. The molecule has 4 heterocycles. The van der Waals surface area contributed by atoms with Crippen molar-refractivity contribution in [3.63, 3.8) is 0 Å². The van der Waals surface area contributed by atoms with E-state index in [0.717, 1.165) is 61.8 Å². The van der Waals surface area contributed by atoms with Crippen LogP contribution in [0.1, 0.15) is 18.4 Å². The van der Waals surface area contributed by atoms with Crippen LogP contribution >= 0.6 is 0 Å². The number of morpholine rings is 1. The van der Waals surface area contributed by atoms with Crippen molar-refractivity contribution in [2.24, 2.45) is 0 Å². The summed E-state index contributed by atoms with van der Waals surface area (Å²) in [6.07, 6.45) is 3.33. The number of rotatable bonds is 2. The first-order chi connectivity index (χ1) is 16.2. The van der Waals surface area contributed by atoms with E-state index in [0.29, 0.717) is 23.6 Å². The second kappa shape index (κ2) is 8.20. The monoisotopic (exact) mass is 449 g/mol. The average Bonchev–Trinajstić information content (AvgIpc) is 3.25. The summed E-state index contributed by atoms with van der Waals surface area (Å²) in [5.74, 6) is 0.631. The molecule has 10 heteroatoms. The summed E-state index contributed by atoms with van der Waals surface area (Å²) >= 11 is 0. The third-order valence-corrected chi connectivity index (χ3v) is 6.60. The number of aromatic nitrogens is 3. The van der Waals surface area contributed by atoms with Gasteiger partial charge in [0.1, 0.15) is 17.7 Å². The van der Waals surface area contributed by atoms with Crippen LogP contribution in [0.3, 0.4) is 0 Å². The highest BCUT2D eigenvalue weighted by Gasteiger charge is 2.34. The van der Waals surface area contributed by atoms with Crippen molar-refractivity contribution in [2.45, 2.75) is 31.6 Å². The van der Waals surface area contributed by atoms with Crippen molar-refractivity contribution >= 4 is 40.1 Å². The van der Waals surface area contributed by atoms with Gasteiger partial charge in [-0.05, 0) is 36.6 Å². The number of nitrogens with zero attached hydrogens (tertiary/aromatic N) is 4. The Kier molecular flexibility index (Phi) is 5.03. The van der Waals surface area contributed by atoms with Crippen molar-refractivity contribution in [1.82, 2.24) is 19.9 Å². The fraction of sp³-hybridized carbons (Fsp3) is 0.435. The van der Waals surface area contributed by atoms with Crippen LogP contribution in [-0.4, -0.2) is 66.1 Å². The van der Waals surface area contributed by atoms with Crippen LogP contribution in [0.25, 0.3) is 11.2 Å². The first-order valence-corrected chi connectivity index (χ1v) is 11.4. The molecule has 1 saturated heterocycles. The lowest BCUT2D eigenvalue weighted by Crippen LogP contribution is -2.52. The largest absolute Gasteiger partial charge is 0.386 e. The highest BCUT2D eigenvalue weighted by Crippen LogP contribution is 2.31. The SMILES string of the molecule is CNc1cc2nc3c1ncn3C(=O)N[C@@H]1CC[C@H]1OCc1cc(cc(N3CCOCC3)c1)N2. The van der Waals surface area contributed by atoms with Crippen molar-refractivity contribution in [3.8, 4) is 0 Å². The van der Waals surface area contributed by atoms with Crippen LogP contribution in [0.15, 0.2) is 30.6 Å². The number of benzene rings is 1. The van der Waals surface area contributed by atoms with Gasteiger partial charge in [-0.2, -0.15) is 0 Å². The molecule has 2 aliphatic heterocycles. The lowest BCUT2D eigenvalue weighted by molar-refractivity contribution is -0.0323. The van der Waals surface area contributed by atoms with Gasteiger partial charge in [0.2, 0.25) is 0 Å². The zero-order valence-electron chi connectivity index (χ0n) is 18.5. The Morgan fingerprint density at radius 3 is 2.82 bits per heavy atom. The number of nitrogens with one attached hydrogen (secondary N) is 3. The van der Waals surface area contributed by atoms with E-state index < -0.39 is 0 Å². The number of carbonyl (C=O) groups excluding carboxylic acids is 1. The standard InChI is InChI=1S/C23H27N7O3/c1-24-18-11-20-26-15-8-14(9-16(10-15)29-4-6-32-7-5-29)12-33-19-3-2-17(19)27-23(31)30-13-25-21(18)22(30)28-20/h8-11,13,17,19H,2-7,12H2,1H3,(H,27,31)(H2,24,26,28)/t17-,19-/m1/s1. The van der Waals surface area contributed by atoms with E-state index in [1.165, 1.54) is 10.9 Å². The number of hydrogen-bond donors (Lipinski definition) is 3. The van der Waals surface area contributed by atoms with E-state index in [-0.39, 0.29) is 18.2 Å². The van der Waals surface area contributed by atoms with E-state index >= 15 is 0 Å². The van der Waals surface area contributed by atoms with Gasteiger partial charge >= 0.3 is 6.03 Å². The van der Waals surface area contributed by atoms with Gasteiger partial charge in [0.15, 0.2) is 5.65 Å². The number of amides is 1. The van der Waals surface area contributed by atoms with Crippen LogP contribution < -0.4 is 20.9 Å². The molecule has 2 aromatic heterocycles. The minimum absolute atomic E-state index is 0.00785. The molecule has 172 valence electrons. The third kappa shape index (κ3) is 3.75. The van der Waals surface area contributed by atoms with Crippen LogP contribution in [0.2, 0.25) is 0 Å². The lowest BCUT2D eigenvalue weighted by atomic mass is 9.89. The van der Waals surface area contributed by atoms with E-state index in [4.69, 9.17) is 14.5 Å². The Hall–Kier alpha value is -3.37. The second-order valence-electron chi connectivity index (χ2n) is 8.69. The summed E-state index contributed by atoms with van der Waals surface area (Å²) in [7, 11) is 1.84. The molecule has 0 spiro atoms. The van der Waals surface area contributed by atoms with E-state index in [1.807, 2.05) is 13.1 Å². The number of hydrogen-bond acceptors (Lipinski definition) is 8. The summed E-state index contributed by atoms with van der Waals surface area (Å²) in [5, 5.41) is 9.70. The van der Waals surface area contributed by atoms with E-state index in [9.17, 15) is 4.79 Å². The smallest absolute Gasteiger partial charge is 0.328 e. The summed E-state index contributed by atoms with van der Waals surface area (Å²) in [6, 6.07) is 8.05. The van der Waals surface area contributed by atoms with Crippen LogP contribution in [0, 0.1) is 0 Å². The van der Waals surface area contributed by atoms with Gasteiger partial charge < -0.3 is 30.3 Å². The number of carbonyl (C=O) groups is 1. The normalized spacial score (nSPS) is 22.7. The topological polar surface area (TPSA) is 106 Å². The Bertz CT molecular complexity index is 1200. The van der Waals surface area contributed by atoms with Gasteiger partial charge in [0.25, 0.3) is 0 Å². The summed E-state index contributed by atoms with van der Waals surface area (Å²) in [4.78, 5) is 24.5. The molecule has 2 fully saturated rings. The molecule has 4 bridgehead atoms. The minimum atomic E-state index is -0.243. The second-order valence-corrected chi connectivity index (χ2v) is 8.69. The maximum absolute atomic E-state index is 13.0. The van der Waals surface area contributed by atoms with Gasteiger partial charge in [0.05, 0.1) is 37.7 Å². The Balaban J connectivity index is 1.45. The summed E-state index contributed by atoms with van der Waals surface area (Å²) in [5.41, 5.74) is 5.08. The molecule has 2 atom stereocenters. The Morgan fingerprint density at radius 2 is 2.03 bits per heavy atom. The molecule has 1 aromatic carbocycles. The predicted octanol–water partition coefficient (Wildman–Crippen LogP) is 2.67. The minimum Gasteiger partial charge on any atom is -0.386 e. The van der Waals surface area contributed by atoms with Crippen molar-refractivity contribution < 1.29 is 14.3 Å². The molecular formula is C23H27N7O3. The van der Waals surface area contributed by atoms with E-state index in [2.05, 4.69) is 44.0 Å². The van der Waals surface area contributed by atoms with Gasteiger partial charge in [-0.3, -0.25) is 0 Å². The first-order valence-electron chi connectivity index (χ1n) is 11.4. The quantitative estimate of drug-likeness (QED) is 0.549. The Morgan fingerprint density at radius 1 is 1.15 bits per heavy atom. The zero-order valence-corrected chi connectivity index (χ0v) is 18.5. The molecular weight excluding hydrogens is 422 g/mol. The molecule has 3 N–H and O–H groups in total. The summed E-state index contributed by atoms with van der Waals surface area (Å²) < 4.78 is 13.2. The van der Waals surface area contributed by atoms with Crippen molar-refractivity contribution in [3.05, 3.63) is 36.2 Å². The first kappa shape index (κ1) is 20.3. The molecule has 6 rings (SSSR count). The Labute approximate surface area is 191 Å². The lowest BCUT2D eigenvalue weighted by Gasteiger charge is -2.37. The molecule has 1 amide bonds. The molecule has 33 heavy (non-hydrogen) atoms. The van der Waals surface area contributed by atoms with Crippen LogP contribution in [-0.2, 0) is 16.1 Å². The zero-order chi connectivity index (χ0) is 22.4.